The predicted molar refractivity (Wildman–Crippen MR) is 89.6 cm³/mol. The Bertz CT molecular complexity index is 649. The standard InChI is InChI=1S/C20H23NO/c1-22-16-8-6-14(7-9-16)19-12-15-4-2-3-5-17(15)20-13-21-11-10-18(19)20/h2-9,18-21H,10-13H2,1H3. The van der Waals surface area contributed by atoms with Gasteiger partial charge in [-0.2, -0.15) is 0 Å². The van der Waals surface area contributed by atoms with Crippen LogP contribution < -0.4 is 10.1 Å². The third kappa shape index (κ3) is 2.32. The van der Waals surface area contributed by atoms with E-state index in [0.29, 0.717) is 11.8 Å². The summed E-state index contributed by atoms with van der Waals surface area (Å²) < 4.78 is 5.31. The number of hydrogen-bond acceptors (Lipinski definition) is 2. The molecule has 1 N–H and O–H groups in total. The maximum atomic E-state index is 5.31. The van der Waals surface area contributed by atoms with Crippen LogP contribution in [-0.4, -0.2) is 20.2 Å². The zero-order valence-corrected chi connectivity index (χ0v) is 13.1. The fourth-order valence-electron chi connectivity index (χ4n) is 4.39. The number of hydrogen-bond donors (Lipinski definition) is 1. The van der Waals surface area contributed by atoms with Gasteiger partial charge < -0.3 is 10.1 Å². The van der Waals surface area contributed by atoms with E-state index in [0.717, 1.165) is 24.8 Å². The summed E-state index contributed by atoms with van der Waals surface area (Å²) in [5, 5.41) is 3.60. The highest BCUT2D eigenvalue weighted by molar-refractivity contribution is 5.40. The van der Waals surface area contributed by atoms with E-state index in [1.807, 2.05) is 0 Å². The lowest BCUT2D eigenvalue weighted by Gasteiger charge is -2.43. The normalized spacial score (nSPS) is 26.9. The smallest absolute Gasteiger partial charge is 0.118 e. The van der Waals surface area contributed by atoms with Crippen molar-refractivity contribution in [2.45, 2.75) is 24.7 Å². The second-order valence-corrected chi connectivity index (χ2v) is 6.55. The average molecular weight is 293 g/mol. The second-order valence-electron chi connectivity index (χ2n) is 6.55. The van der Waals surface area contributed by atoms with Gasteiger partial charge in [-0.25, -0.2) is 0 Å². The van der Waals surface area contributed by atoms with Gasteiger partial charge in [-0.15, -0.1) is 0 Å². The minimum Gasteiger partial charge on any atom is -0.497 e. The van der Waals surface area contributed by atoms with Crippen LogP contribution in [0.5, 0.6) is 5.75 Å². The summed E-state index contributed by atoms with van der Waals surface area (Å²) >= 11 is 0. The van der Waals surface area contributed by atoms with E-state index in [1.165, 1.54) is 24.0 Å². The van der Waals surface area contributed by atoms with E-state index in [2.05, 4.69) is 53.8 Å². The molecule has 2 aromatic carbocycles. The zero-order chi connectivity index (χ0) is 14.9. The van der Waals surface area contributed by atoms with Crippen molar-refractivity contribution in [2.24, 2.45) is 5.92 Å². The van der Waals surface area contributed by atoms with Gasteiger partial charge >= 0.3 is 0 Å². The molecule has 1 aliphatic carbocycles. The molecule has 2 heteroatoms. The SMILES string of the molecule is COc1ccc(C2Cc3ccccc3C3CNCCC23)cc1. The number of benzene rings is 2. The molecule has 3 atom stereocenters. The maximum Gasteiger partial charge on any atom is 0.118 e. The van der Waals surface area contributed by atoms with Crippen molar-refractivity contribution in [1.82, 2.24) is 5.32 Å². The quantitative estimate of drug-likeness (QED) is 0.911. The topological polar surface area (TPSA) is 21.3 Å². The zero-order valence-electron chi connectivity index (χ0n) is 13.1. The molecule has 0 radical (unpaired) electrons. The molecule has 2 nitrogen and oxygen atoms in total. The molecule has 0 bridgehead atoms. The molecular weight excluding hydrogens is 270 g/mol. The van der Waals surface area contributed by atoms with E-state index in [-0.39, 0.29) is 0 Å². The third-order valence-electron chi connectivity index (χ3n) is 5.49. The van der Waals surface area contributed by atoms with E-state index < -0.39 is 0 Å². The highest BCUT2D eigenvalue weighted by Gasteiger charge is 2.38. The average Bonchev–Trinajstić information content (AvgIpc) is 2.61. The number of ether oxygens (including phenoxy) is 1. The van der Waals surface area contributed by atoms with E-state index >= 15 is 0 Å². The minimum absolute atomic E-state index is 0.632. The molecule has 1 fully saturated rings. The van der Waals surface area contributed by atoms with Crippen molar-refractivity contribution in [3.05, 3.63) is 65.2 Å². The monoisotopic (exact) mass is 293 g/mol. The Kier molecular flexibility index (Phi) is 3.63. The molecule has 3 unspecified atom stereocenters. The van der Waals surface area contributed by atoms with Crippen LogP contribution in [0, 0.1) is 5.92 Å². The lowest BCUT2D eigenvalue weighted by Crippen LogP contribution is -2.41. The van der Waals surface area contributed by atoms with Crippen LogP contribution in [0.15, 0.2) is 48.5 Å². The fourth-order valence-corrected chi connectivity index (χ4v) is 4.39. The van der Waals surface area contributed by atoms with Gasteiger partial charge in [0, 0.05) is 12.5 Å². The van der Waals surface area contributed by atoms with Gasteiger partial charge in [-0.1, -0.05) is 36.4 Å². The molecule has 22 heavy (non-hydrogen) atoms. The summed E-state index contributed by atoms with van der Waals surface area (Å²) in [6.07, 6.45) is 2.44. The largest absolute Gasteiger partial charge is 0.497 e. The summed E-state index contributed by atoms with van der Waals surface area (Å²) in [6, 6.07) is 17.8. The molecule has 0 aromatic heterocycles. The van der Waals surface area contributed by atoms with Crippen molar-refractivity contribution in [1.29, 1.82) is 0 Å². The number of rotatable bonds is 2. The predicted octanol–water partition coefficient (Wildman–Crippen LogP) is 3.73. The van der Waals surface area contributed by atoms with Crippen LogP contribution in [0.2, 0.25) is 0 Å². The summed E-state index contributed by atoms with van der Waals surface area (Å²) in [7, 11) is 1.73. The van der Waals surface area contributed by atoms with Crippen LogP contribution in [0.1, 0.15) is 34.9 Å². The maximum absolute atomic E-state index is 5.31. The Morgan fingerprint density at radius 1 is 1.00 bits per heavy atom. The van der Waals surface area contributed by atoms with Gasteiger partial charge in [0.15, 0.2) is 0 Å². The van der Waals surface area contributed by atoms with E-state index in [1.54, 1.807) is 12.7 Å². The molecule has 0 spiro atoms. The molecule has 1 aliphatic heterocycles. The number of piperidine rings is 1. The van der Waals surface area contributed by atoms with Crippen molar-refractivity contribution in [2.75, 3.05) is 20.2 Å². The van der Waals surface area contributed by atoms with Gasteiger partial charge in [0.2, 0.25) is 0 Å². The molecular formula is C20H23NO. The number of nitrogens with one attached hydrogen (secondary N) is 1. The molecule has 0 saturated carbocycles. The second kappa shape index (κ2) is 5.77. The van der Waals surface area contributed by atoms with Crippen LogP contribution >= 0.6 is 0 Å². The molecule has 2 aliphatic rings. The molecule has 114 valence electrons. The highest BCUT2D eigenvalue weighted by Crippen LogP contribution is 2.47. The Morgan fingerprint density at radius 2 is 1.82 bits per heavy atom. The van der Waals surface area contributed by atoms with Crippen LogP contribution in [0.4, 0.5) is 0 Å². The first-order valence-electron chi connectivity index (χ1n) is 8.29. The van der Waals surface area contributed by atoms with Gasteiger partial charge in [-0.3, -0.25) is 0 Å². The fraction of sp³-hybridized carbons (Fsp3) is 0.400. The summed E-state index contributed by atoms with van der Waals surface area (Å²) in [6.45, 7) is 2.27. The lowest BCUT2D eigenvalue weighted by atomic mass is 9.64. The molecule has 0 amide bonds. The van der Waals surface area contributed by atoms with E-state index in [4.69, 9.17) is 4.74 Å². The molecule has 1 saturated heterocycles. The van der Waals surface area contributed by atoms with Crippen molar-refractivity contribution in [3.8, 4) is 5.75 Å². The Labute approximate surface area is 132 Å². The number of methoxy groups -OCH3 is 1. The van der Waals surface area contributed by atoms with E-state index in [9.17, 15) is 0 Å². The lowest BCUT2D eigenvalue weighted by molar-refractivity contribution is 0.257. The van der Waals surface area contributed by atoms with Crippen LogP contribution in [0.3, 0.4) is 0 Å². The van der Waals surface area contributed by atoms with Crippen molar-refractivity contribution < 1.29 is 4.74 Å². The van der Waals surface area contributed by atoms with Gasteiger partial charge in [-0.05, 0) is 60.0 Å². The Balaban J connectivity index is 1.72. The summed E-state index contributed by atoms with van der Waals surface area (Å²) in [4.78, 5) is 0. The van der Waals surface area contributed by atoms with Gasteiger partial charge in [0.05, 0.1) is 7.11 Å². The molecule has 1 heterocycles. The summed E-state index contributed by atoms with van der Waals surface area (Å²) in [5.41, 5.74) is 4.57. The highest BCUT2D eigenvalue weighted by atomic mass is 16.5. The minimum atomic E-state index is 0.632. The first-order chi connectivity index (χ1) is 10.9. The van der Waals surface area contributed by atoms with Gasteiger partial charge in [0.1, 0.15) is 5.75 Å². The third-order valence-corrected chi connectivity index (χ3v) is 5.49. The molecule has 4 rings (SSSR count). The first kappa shape index (κ1) is 13.8. The van der Waals surface area contributed by atoms with Gasteiger partial charge in [0.25, 0.3) is 0 Å². The Morgan fingerprint density at radius 3 is 2.64 bits per heavy atom. The van der Waals surface area contributed by atoms with Crippen molar-refractivity contribution >= 4 is 0 Å². The van der Waals surface area contributed by atoms with Crippen LogP contribution in [-0.2, 0) is 6.42 Å². The number of fused-ring (bicyclic) bond motifs is 3. The first-order valence-corrected chi connectivity index (χ1v) is 8.29. The summed E-state index contributed by atoms with van der Waals surface area (Å²) in [5.74, 6) is 2.99. The van der Waals surface area contributed by atoms with Crippen molar-refractivity contribution in [3.63, 3.8) is 0 Å². The Hall–Kier alpha value is -1.80. The van der Waals surface area contributed by atoms with Crippen LogP contribution in [0.25, 0.3) is 0 Å². The molecule has 2 aromatic rings.